The van der Waals surface area contributed by atoms with Crippen molar-refractivity contribution in [3.05, 3.63) is 81.2 Å². The van der Waals surface area contributed by atoms with Crippen LogP contribution in [0.5, 0.6) is 0 Å². The fourth-order valence-electron chi connectivity index (χ4n) is 5.82. The maximum atomic E-state index is 14.2. The van der Waals surface area contributed by atoms with E-state index >= 15 is 0 Å². The van der Waals surface area contributed by atoms with Crippen LogP contribution in [-0.4, -0.2) is 86.3 Å². The maximum absolute atomic E-state index is 14.2. The average molecular weight is 700 g/mol. The van der Waals surface area contributed by atoms with Gasteiger partial charge in [-0.25, -0.2) is 9.78 Å². The lowest BCUT2D eigenvalue weighted by Crippen LogP contribution is -2.65. The molecule has 3 aromatic rings. The Morgan fingerprint density at radius 2 is 2.04 bits per heavy atom. The number of hydrogen-bond donors (Lipinski definition) is 3. The van der Waals surface area contributed by atoms with Crippen molar-refractivity contribution in [3.63, 3.8) is 0 Å². The van der Waals surface area contributed by atoms with E-state index in [0.717, 1.165) is 15.8 Å². The number of hydrogen-bond acceptors (Lipinski definition) is 9. The van der Waals surface area contributed by atoms with Crippen LogP contribution >= 0.6 is 34.5 Å². The van der Waals surface area contributed by atoms with Gasteiger partial charge in [0.1, 0.15) is 12.2 Å². The number of para-hydroxylation sites is 1. The van der Waals surface area contributed by atoms with E-state index in [9.17, 15) is 19.5 Å². The largest absolute Gasteiger partial charge is 0.513 e. The molecule has 248 valence electrons. The van der Waals surface area contributed by atoms with Crippen LogP contribution in [0.25, 0.3) is 10.2 Å². The first-order valence-corrected chi connectivity index (χ1v) is 16.6. The Morgan fingerprint density at radius 1 is 1.26 bits per heavy atom. The number of anilines is 1. The molecule has 47 heavy (non-hydrogen) atoms. The minimum Gasteiger partial charge on any atom is -0.513 e. The third-order valence-corrected chi connectivity index (χ3v) is 9.57. The number of benzene rings is 2. The molecule has 0 radical (unpaired) electrons. The number of allylic oxidation sites excluding steroid dienone is 3. The number of nitrogens with two attached hydrogens (primary N) is 1. The van der Waals surface area contributed by atoms with Crippen LogP contribution in [0, 0.1) is 0 Å². The van der Waals surface area contributed by atoms with E-state index in [4.69, 9.17) is 28.9 Å². The van der Waals surface area contributed by atoms with Crippen LogP contribution in [0.4, 0.5) is 9.93 Å². The van der Waals surface area contributed by atoms with E-state index in [2.05, 4.69) is 22.0 Å². The number of nitrogen functional groups attached to an aromatic ring is 1. The minimum absolute atomic E-state index is 0.0572. The quantitative estimate of drug-likeness (QED) is 0.139. The van der Waals surface area contributed by atoms with Gasteiger partial charge in [-0.2, -0.15) is 5.01 Å². The predicted molar refractivity (Wildman–Crippen MR) is 185 cm³/mol. The van der Waals surface area contributed by atoms with Crippen molar-refractivity contribution in [2.24, 2.45) is 4.99 Å². The number of amides is 4. The Balaban J connectivity index is 1.47. The van der Waals surface area contributed by atoms with Gasteiger partial charge in [-0.3, -0.25) is 19.6 Å². The van der Waals surface area contributed by atoms with E-state index in [1.165, 1.54) is 29.3 Å². The molecule has 2 aromatic carbocycles. The number of carbonyl (C=O) groups excluding carboxylic acids is 3. The molecular weight excluding hydrogens is 663 g/mol. The van der Waals surface area contributed by atoms with Crippen LogP contribution in [0.2, 0.25) is 10.0 Å². The van der Waals surface area contributed by atoms with Crippen molar-refractivity contribution < 1.29 is 19.5 Å². The zero-order valence-electron chi connectivity index (χ0n) is 26.0. The van der Waals surface area contributed by atoms with E-state index < -0.39 is 18.2 Å². The van der Waals surface area contributed by atoms with Gasteiger partial charge in [0.15, 0.2) is 5.13 Å². The normalized spacial score (nSPS) is 19.0. The summed E-state index contributed by atoms with van der Waals surface area (Å²) in [4.78, 5) is 53.4. The van der Waals surface area contributed by atoms with Crippen LogP contribution < -0.4 is 11.1 Å². The summed E-state index contributed by atoms with van der Waals surface area (Å²) in [6.07, 6.45) is 3.06. The molecule has 2 fully saturated rings. The Labute approximate surface area is 286 Å². The highest BCUT2D eigenvalue weighted by Crippen LogP contribution is 2.33. The molecule has 4 amide bonds. The van der Waals surface area contributed by atoms with Gasteiger partial charge in [0.2, 0.25) is 11.8 Å². The summed E-state index contributed by atoms with van der Waals surface area (Å²) in [6.45, 7) is 7.89. The number of aromatic nitrogens is 1. The minimum atomic E-state index is -0.933. The fraction of sp³-hybridized carbons (Fsp3) is 0.344. The average Bonchev–Trinajstić information content (AvgIpc) is 3.58. The molecule has 2 aliphatic heterocycles. The topological polar surface area (TPSA) is 148 Å². The number of nitrogens with zero attached hydrogens (tertiary/aromatic N) is 6. The lowest BCUT2D eigenvalue weighted by atomic mass is 10.0. The molecule has 12 nitrogen and oxygen atoms in total. The van der Waals surface area contributed by atoms with Crippen LogP contribution in [0.15, 0.2) is 65.0 Å². The molecule has 5 rings (SSSR count). The molecule has 2 aliphatic rings. The van der Waals surface area contributed by atoms with Crippen molar-refractivity contribution in [1.29, 1.82) is 0 Å². The highest BCUT2D eigenvalue weighted by atomic mass is 35.5. The summed E-state index contributed by atoms with van der Waals surface area (Å²) in [5.74, 6) is -0.512. The monoisotopic (exact) mass is 698 g/mol. The van der Waals surface area contributed by atoms with Gasteiger partial charge in [0, 0.05) is 31.8 Å². The second-order valence-electron chi connectivity index (χ2n) is 11.3. The van der Waals surface area contributed by atoms with Gasteiger partial charge < -0.3 is 26.0 Å². The standard InChI is InChI=1S/C32H36Cl2N8O4S/c1-4-12-40(32(46)37-15-20-9-11-23(33)24(34)13-20)41-18-28(44)42-25(14-22(36-3)10-8-19(2)43)30(45)39(17-27(41)42)16-21-6-5-7-26-29(21)38-31(35)47-26/h5-11,13,25,27,43H,3-4,12,14-18H2,1-2H3,(H2,35,38)(H,37,46)/b19-8+,22-10-/t25-,27+/m0/s1. The number of thiazole rings is 1. The SMILES string of the molecule is C=N/C(=C\C=C(/C)O)C[C@H]1C(=O)N(Cc2cccc3sc(N)nc23)C[C@H]2N1C(=O)CN2N(CCC)C(=O)NCc1ccc(Cl)c(Cl)c1. The first-order valence-electron chi connectivity index (χ1n) is 15.0. The second-order valence-corrected chi connectivity index (χ2v) is 13.2. The molecule has 0 aliphatic carbocycles. The Hall–Kier alpha value is -4.17. The van der Waals surface area contributed by atoms with E-state index in [1.807, 2.05) is 25.1 Å². The number of fused-ring (bicyclic) bond motifs is 2. The predicted octanol–water partition coefficient (Wildman–Crippen LogP) is 5.34. The number of urea groups is 1. The third kappa shape index (κ3) is 7.54. The van der Waals surface area contributed by atoms with Crippen molar-refractivity contribution in [1.82, 2.24) is 30.1 Å². The van der Waals surface area contributed by atoms with Crippen LogP contribution in [-0.2, 0) is 22.7 Å². The van der Waals surface area contributed by atoms with E-state index in [-0.39, 0.29) is 50.2 Å². The molecule has 0 unspecified atom stereocenters. The molecule has 2 saturated heterocycles. The van der Waals surface area contributed by atoms with Crippen LogP contribution in [0.3, 0.4) is 0 Å². The Bertz CT molecular complexity index is 1760. The number of nitrogens with one attached hydrogen (secondary N) is 1. The molecule has 0 spiro atoms. The van der Waals surface area contributed by atoms with E-state index in [0.29, 0.717) is 39.4 Å². The highest BCUT2D eigenvalue weighted by Gasteiger charge is 2.52. The third-order valence-electron chi connectivity index (χ3n) is 7.98. The van der Waals surface area contributed by atoms with Gasteiger partial charge in [-0.15, -0.1) is 0 Å². The summed E-state index contributed by atoms with van der Waals surface area (Å²) in [7, 11) is 0. The summed E-state index contributed by atoms with van der Waals surface area (Å²) in [6, 6.07) is 9.52. The summed E-state index contributed by atoms with van der Waals surface area (Å²) < 4.78 is 0.903. The van der Waals surface area contributed by atoms with Gasteiger partial charge in [0.25, 0.3) is 0 Å². The van der Waals surface area contributed by atoms with Crippen LogP contribution in [0.1, 0.15) is 37.8 Å². The van der Waals surface area contributed by atoms with Crippen molar-refractivity contribution in [3.8, 4) is 0 Å². The smallest absolute Gasteiger partial charge is 0.332 e. The molecule has 15 heteroatoms. The number of halogens is 2. The fourth-order valence-corrected chi connectivity index (χ4v) is 6.93. The number of hydrazine groups is 1. The summed E-state index contributed by atoms with van der Waals surface area (Å²) in [5, 5.41) is 17.1. The highest BCUT2D eigenvalue weighted by molar-refractivity contribution is 7.22. The number of rotatable bonds is 11. The first-order chi connectivity index (χ1) is 22.5. The number of piperazine rings is 1. The number of carbonyl (C=O) groups is 3. The number of aliphatic imine (C=N–C) groups is 1. The first kappa shape index (κ1) is 34.2. The molecule has 0 bridgehead atoms. The van der Waals surface area contributed by atoms with E-state index in [1.54, 1.807) is 39.1 Å². The lowest BCUT2D eigenvalue weighted by Gasteiger charge is -2.46. The number of aliphatic hydroxyl groups is 1. The Kier molecular flexibility index (Phi) is 10.7. The van der Waals surface area contributed by atoms with Gasteiger partial charge in [0.05, 0.1) is 39.1 Å². The maximum Gasteiger partial charge on any atom is 0.332 e. The molecule has 1 aromatic heterocycles. The van der Waals surface area contributed by atoms with Crippen molar-refractivity contribution >= 4 is 74.4 Å². The molecule has 4 N–H and O–H groups in total. The zero-order chi connectivity index (χ0) is 33.8. The van der Waals surface area contributed by atoms with Gasteiger partial charge in [-0.1, -0.05) is 59.7 Å². The summed E-state index contributed by atoms with van der Waals surface area (Å²) in [5.41, 5.74) is 8.72. The lowest BCUT2D eigenvalue weighted by molar-refractivity contribution is -0.157. The van der Waals surface area contributed by atoms with Gasteiger partial charge in [-0.05, 0) is 61.5 Å². The van der Waals surface area contributed by atoms with Crippen molar-refractivity contribution in [2.75, 3.05) is 25.4 Å². The summed E-state index contributed by atoms with van der Waals surface area (Å²) >= 11 is 13.6. The number of aliphatic hydroxyl groups excluding tert-OH is 1. The Morgan fingerprint density at radius 3 is 2.74 bits per heavy atom. The molecular formula is C32H36Cl2N8O4S. The molecule has 2 atom stereocenters. The van der Waals surface area contributed by atoms with Crippen molar-refractivity contribution in [2.45, 2.75) is 52.0 Å². The molecule has 0 saturated carbocycles. The van der Waals surface area contributed by atoms with Gasteiger partial charge >= 0.3 is 6.03 Å². The second kappa shape index (κ2) is 14.7. The zero-order valence-corrected chi connectivity index (χ0v) is 28.4. The molecule has 3 heterocycles.